The highest BCUT2D eigenvalue weighted by Gasteiger charge is 2.21. The molecule has 0 aliphatic carbocycles. The second-order valence-electron chi connectivity index (χ2n) is 7.20. The summed E-state index contributed by atoms with van der Waals surface area (Å²) in [6.07, 6.45) is 2.11. The molecule has 0 unspecified atom stereocenters. The Kier molecular flexibility index (Phi) is 4.63. The molecule has 4 nitrogen and oxygen atoms in total. The minimum Gasteiger partial charge on any atom is -0.352 e. The third-order valence-corrected chi connectivity index (χ3v) is 6.15. The van der Waals surface area contributed by atoms with E-state index in [1.54, 1.807) is 0 Å². The first-order valence-electron chi connectivity index (χ1n) is 9.46. The number of benzene rings is 2. The standard InChI is InChI=1S/C22H20Cl2N4/c23-17-8-7-16(14-18(17)24)15-26-10-12-27(13-11-26)22-21-6-3-9-28(21)20-5-2-1-4-19(20)25-22/h1-9,14H,10-13,15H2. The average molecular weight is 411 g/mol. The van der Waals surface area contributed by atoms with Gasteiger partial charge in [-0.1, -0.05) is 41.4 Å². The molecule has 28 heavy (non-hydrogen) atoms. The topological polar surface area (TPSA) is 23.8 Å². The van der Waals surface area contributed by atoms with E-state index in [-0.39, 0.29) is 0 Å². The van der Waals surface area contributed by atoms with E-state index in [9.17, 15) is 0 Å². The highest BCUT2D eigenvalue weighted by molar-refractivity contribution is 6.42. The molecule has 4 aromatic rings. The summed E-state index contributed by atoms with van der Waals surface area (Å²) in [5.41, 5.74) is 4.53. The number of aromatic nitrogens is 2. The minimum atomic E-state index is 0.605. The molecule has 6 heteroatoms. The molecule has 0 atom stereocenters. The lowest BCUT2D eigenvalue weighted by molar-refractivity contribution is 0.249. The number of para-hydroxylation sites is 2. The van der Waals surface area contributed by atoms with E-state index in [0.29, 0.717) is 10.0 Å². The van der Waals surface area contributed by atoms with Gasteiger partial charge in [-0.25, -0.2) is 4.98 Å². The van der Waals surface area contributed by atoms with Crippen LogP contribution < -0.4 is 4.90 Å². The molecule has 2 aromatic carbocycles. The summed E-state index contributed by atoms with van der Waals surface area (Å²) in [4.78, 5) is 9.83. The van der Waals surface area contributed by atoms with Crippen molar-refractivity contribution in [1.82, 2.24) is 14.3 Å². The Morgan fingerprint density at radius 1 is 0.821 bits per heavy atom. The largest absolute Gasteiger partial charge is 0.352 e. The Bertz CT molecular complexity index is 1150. The van der Waals surface area contributed by atoms with Crippen LogP contribution in [0.1, 0.15) is 5.56 Å². The summed E-state index contributed by atoms with van der Waals surface area (Å²) in [6.45, 7) is 4.76. The van der Waals surface area contributed by atoms with Crippen molar-refractivity contribution < 1.29 is 0 Å². The Morgan fingerprint density at radius 2 is 1.61 bits per heavy atom. The van der Waals surface area contributed by atoms with Gasteiger partial charge in [-0.15, -0.1) is 0 Å². The van der Waals surface area contributed by atoms with Gasteiger partial charge in [0.15, 0.2) is 5.82 Å². The highest BCUT2D eigenvalue weighted by Crippen LogP contribution is 2.27. The van der Waals surface area contributed by atoms with Crippen LogP contribution in [0.4, 0.5) is 5.82 Å². The Hall–Kier alpha value is -2.27. The molecule has 0 N–H and O–H groups in total. The first-order valence-corrected chi connectivity index (χ1v) is 10.2. The average Bonchev–Trinajstić information content (AvgIpc) is 3.21. The molecule has 0 spiro atoms. The number of fused-ring (bicyclic) bond motifs is 3. The number of piperazine rings is 1. The van der Waals surface area contributed by atoms with Crippen LogP contribution in [0.2, 0.25) is 10.0 Å². The summed E-state index contributed by atoms with van der Waals surface area (Å²) in [7, 11) is 0. The van der Waals surface area contributed by atoms with Crippen molar-refractivity contribution in [2.24, 2.45) is 0 Å². The van der Waals surface area contributed by atoms with E-state index in [4.69, 9.17) is 28.2 Å². The molecule has 0 bridgehead atoms. The van der Waals surface area contributed by atoms with Crippen LogP contribution >= 0.6 is 23.2 Å². The normalized spacial score (nSPS) is 15.6. The third-order valence-electron chi connectivity index (χ3n) is 5.41. The van der Waals surface area contributed by atoms with E-state index in [1.165, 1.54) is 5.56 Å². The van der Waals surface area contributed by atoms with Crippen LogP contribution in [0.3, 0.4) is 0 Å². The predicted molar refractivity (Wildman–Crippen MR) is 117 cm³/mol. The van der Waals surface area contributed by atoms with Crippen LogP contribution in [-0.2, 0) is 6.54 Å². The molecule has 142 valence electrons. The zero-order chi connectivity index (χ0) is 19.1. The quantitative estimate of drug-likeness (QED) is 0.468. The van der Waals surface area contributed by atoms with Crippen molar-refractivity contribution in [3.63, 3.8) is 0 Å². The van der Waals surface area contributed by atoms with Crippen molar-refractivity contribution >= 4 is 45.6 Å². The third kappa shape index (κ3) is 3.22. The van der Waals surface area contributed by atoms with Gasteiger partial charge in [0, 0.05) is 38.9 Å². The molecule has 1 aliphatic rings. The van der Waals surface area contributed by atoms with Crippen molar-refractivity contribution in [3.05, 3.63) is 76.4 Å². The fourth-order valence-corrected chi connectivity index (χ4v) is 4.27. The molecule has 1 fully saturated rings. The second kappa shape index (κ2) is 7.28. The molecular formula is C22H20Cl2N4. The molecule has 0 radical (unpaired) electrons. The SMILES string of the molecule is Clc1ccc(CN2CCN(c3nc4ccccc4n4cccc34)CC2)cc1Cl. The van der Waals surface area contributed by atoms with E-state index in [1.807, 2.05) is 18.2 Å². The van der Waals surface area contributed by atoms with E-state index in [0.717, 1.165) is 55.1 Å². The Morgan fingerprint density at radius 3 is 2.43 bits per heavy atom. The summed E-state index contributed by atoms with van der Waals surface area (Å²) in [5.74, 6) is 1.07. The predicted octanol–water partition coefficient (Wildman–Crippen LogP) is 5.12. The molecular weight excluding hydrogens is 391 g/mol. The number of hydrogen-bond acceptors (Lipinski definition) is 3. The van der Waals surface area contributed by atoms with Gasteiger partial charge in [-0.2, -0.15) is 0 Å². The lowest BCUT2D eigenvalue weighted by Gasteiger charge is -2.35. The van der Waals surface area contributed by atoms with Crippen molar-refractivity contribution in [3.8, 4) is 0 Å². The molecule has 2 aromatic heterocycles. The van der Waals surface area contributed by atoms with Gasteiger partial charge in [0.2, 0.25) is 0 Å². The molecule has 0 saturated carbocycles. The Labute approximate surface area is 173 Å². The number of halogens is 2. The van der Waals surface area contributed by atoms with E-state index >= 15 is 0 Å². The van der Waals surface area contributed by atoms with E-state index < -0.39 is 0 Å². The smallest absolute Gasteiger partial charge is 0.153 e. The minimum absolute atomic E-state index is 0.605. The fourth-order valence-electron chi connectivity index (χ4n) is 3.95. The molecule has 5 rings (SSSR count). The lowest BCUT2D eigenvalue weighted by Crippen LogP contribution is -2.46. The van der Waals surface area contributed by atoms with Crippen molar-refractivity contribution in [2.75, 3.05) is 31.1 Å². The monoisotopic (exact) mass is 410 g/mol. The maximum Gasteiger partial charge on any atom is 0.153 e. The fraction of sp³-hybridized carbons (Fsp3) is 0.227. The summed E-state index contributed by atoms with van der Waals surface area (Å²) in [5, 5.41) is 1.22. The molecule has 1 saturated heterocycles. The number of hydrogen-bond donors (Lipinski definition) is 0. The van der Waals surface area contributed by atoms with E-state index in [2.05, 4.69) is 56.8 Å². The van der Waals surface area contributed by atoms with Gasteiger partial charge >= 0.3 is 0 Å². The van der Waals surface area contributed by atoms with Crippen molar-refractivity contribution in [2.45, 2.75) is 6.54 Å². The van der Waals surface area contributed by atoms with Crippen LogP contribution in [0, 0.1) is 0 Å². The Balaban J connectivity index is 1.36. The summed E-state index contributed by atoms with van der Waals surface area (Å²) in [6, 6.07) is 18.4. The summed E-state index contributed by atoms with van der Waals surface area (Å²) < 4.78 is 2.24. The van der Waals surface area contributed by atoms with Gasteiger partial charge in [0.1, 0.15) is 0 Å². The number of anilines is 1. The zero-order valence-electron chi connectivity index (χ0n) is 15.4. The first kappa shape index (κ1) is 17.8. The number of nitrogens with zero attached hydrogens (tertiary/aromatic N) is 4. The van der Waals surface area contributed by atoms with Gasteiger partial charge in [-0.3, -0.25) is 4.90 Å². The first-order chi connectivity index (χ1) is 13.7. The van der Waals surface area contributed by atoms with Gasteiger partial charge in [0.05, 0.1) is 26.6 Å². The molecule has 3 heterocycles. The van der Waals surface area contributed by atoms with Crippen LogP contribution in [0.15, 0.2) is 60.8 Å². The summed E-state index contributed by atoms with van der Waals surface area (Å²) >= 11 is 12.2. The maximum atomic E-state index is 6.16. The molecule has 1 aliphatic heterocycles. The number of rotatable bonds is 3. The second-order valence-corrected chi connectivity index (χ2v) is 8.01. The van der Waals surface area contributed by atoms with Crippen LogP contribution in [0.25, 0.3) is 16.6 Å². The lowest BCUT2D eigenvalue weighted by atomic mass is 10.2. The molecule has 0 amide bonds. The van der Waals surface area contributed by atoms with Crippen LogP contribution in [0.5, 0.6) is 0 Å². The van der Waals surface area contributed by atoms with Gasteiger partial charge in [0.25, 0.3) is 0 Å². The van der Waals surface area contributed by atoms with Gasteiger partial charge in [-0.05, 0) is 42.0 Å². The van der Waals surface area contributed by atoms with Gasteiger partial charge < -0.3 is 9.30 Å². The van der Waals surface area contributed by atoms with Crippen molar-refractivity contribution in [1.29, 1.82) is 0 Å². The van der Waals surface area contributed by atoms with Crippen LogP contribution in [-0.4, -0.2) is 40.5 Å². The highest BCUT2D eigenvalue weighted by atomic mass is 35.5. The maximum absolute atomic E-state index is 6.16. The zero-order valence-corrected chi connectivity index (χ0v) is 16.9.